The van der Waals surface area contributed by atoms with E-state index in [4.69, 9.17) is 0 Å². The van der Waals surface area contributed by atoms with E-state index in [1.165, 1.54) is 22.2 Å². The molecule has 0 fully saturated rings. The van der Waals surface area contributed by atoms with Crippen LogP contribution in [0.4, 0.5) is 0 Å². The van der Waals surface area contributed by atoms with E-state index in [0.29, 0.717) is 16.8 Å². The molecule has 0 unspecified atom stereocenters. The largest absolute Gasteiger partial charge is 0.355 e. The van der Waals surface area contributed by atoms with Crippen LogP contribution in [0.3, 0.4) is 0 Å². The number of rotatable bonds is 5. The topological polar surface area (TPSA) is 93.1 Å². The molecule has 0 saturated heterocycles. The molecule has 2 aromatic heterocycles. The molecular weight excluding hydrogens is 316 g/mol. The summed E-state index contributed by atoms with van der Waals surface area (Å²) in [4.78, 5) is 42.1. The molecule has 2 heterocycles. The molecule has 0 spiro atoms. The lowest BCUT2D eigenvalue weighted by Gasteiger charge is -2.13. The average Bonchev–Trinajstić information content (AvgIpc) is 2.78. The summed E-state index contributed by atoms with van der Waals surface area (Å²) in [6, 6.07) is -0.653. The van der Waals surface area contributed by atoms with Gasteiger partial charge in [0.15, 0.2) is 0 Å². The Hall–Kier alpha value is -2.22. The molecule has 0 saturated carbocycles. The number of hydrogen-bond donors (Lipinski definition) is 2. The Kier molecular flexibility index (Phi) is 5.15. The molecule has 0 bridgehead atoms. The van der Waals surface area contributed by atoms with Crippen LogP contribution in [0.5, 0.6) is 0 Å². The smallest absolute Gasteiger partial charge is 0.262 e. The SMILES string of the molecule is CCNC(=O)[C@@H](C)NC(=O)Cn1cnc2sc(C)c(C)c2c1=O. The molecule has 2 N–H and O–H groups in total. The van der Waals surface area contributed by atoms with Crippen molar-refractivity contribution in [2.75, 3.05) is 6.54 Å². The average molecular weight is 336 g/mol. The van der Waals surface area contributed by atoms with Gasteiger partial charge in [0.05, 0.1) is 11.7 Å². The predicted molar refractivity (Wildman–Crippen MR) is 89.6 cm³/mol. The Bertz CT molecular complexity index is 809. The van der Waals surface area contributed by atoms with Gasteiger partial charge in [-0.05, 0) is 33.3 Å². The Morgan fingerprint density at radius 1 is 1.39 bits per heavy atom. The second-order valence-electron chi connectivity index (χ2n) is 5.32. The molecule has 0 aliphatic carbocycles. The molecular formula is C15H20N4O3S. The van der Waals surface area contributed by atoms with Gasteiger partial charge in [0, 0.05) is 11.4 Å². The van der Waals surface area contributed by atoms with E-state index in [9.17, 15) is 14.4 Å². The van der Waals surface area contributed by atoms with Crippen LogP contribution in [0, 0.1) is 13.8 Å². The number of hydrogen-bond acceptors (Lipinski definition) is 5. The second-order valence-corrected chi connectivity index (χ2v) is 6.53. The molecule has 7 nitrogen and oxygen atoms in total. The molecule has 0 aliphatic rings. The minimum Gasteiger partial charge on any atom is -0.355 e. The van der Waals surface area contributed by atoms with Crippen molar-refractivity contribution in [1.82, 2.24) is 20.2 Å². The maximum absolute atomic E-state index is 12.5. The van der Waals surface area contributed by atoms with Gasteiger partial charge in [-0.15, -0.1) is 11.3 Å². The number of carbonyl (C=O) groups is 2. The molecule has 0 aliphatic heterocycles. The quantitative estimate of drug-likeness (QED) is 0.841. The Balaban J connectivity index is 2.17. The zero-order valence-electron chi connectivity index (χ0n) is 13.6. The van der Waals surface area contributed by atoms with Crippen molar-refractivity contribution in [3.8, 4) is 0 Å². The lowest BCUT2D eigenvalue weighted by Crippen LogP contribution is -2.46. The van der Waals surface area contributed by atoms with Gasteiger partial charge in [0.1, 0.15) is 17.4 Å². The Morgan fingerprint density at radius 3 is 2.74 bits per heavy atom. The summed E-state index contributed by atoms with van der Waals surface area (Å²) in [6.45, 7) is 7.54. The summed E-state index contributed by atoms with van der Waals surface area (Å²) in [7, 11) is 0. The van der Waals surface area contributed by atoms with Crippen molar-refractivity contribution in [3.05, 3.63) is 27.1 Å². The van der Waals surface area contributed by atoms with Crippen LogP contribution in [-0.4, -0.2) is 34.0 Å². The number of aryl methyl sites for hydroxylation is 2. The fraction of sp³-hybridized carbons (Fsp3) is 0.467. The molecule has 1 atom stereocenters. The monoisotopic (exact) mass is 336 g/mol. The first-order chi connectivity index (χ1) is 10.8. The van der Waals surface area contributed by atoms with Gasteiger partial charge in [0.2, 0.25) is 11.8 Å². The molecule has 0 aromatic carbocycles. The van der Waals surface area contributed by atoms with Crippen molar-refractivity contribution in [1.29, 1.82) is 0 Å². The molecule has 2 rings (SSSR count). The first kappa shape index (κ1) is 17.1. The number of nitrogens with zero attached hydrogens (tertiary/aromatic N) is 2. The highest BCUT2D eigenvalue weighted by atomic mass is 32.1. The fourth-order valence-corrected chi connectivity index (χ4v) is 3.20. The van der Waals surface area contributed by atoms with Gasteiger partial charge in [-0.3, -0.25) is 19.0 Å². The van der Waals surface area contributed by atoms with Crippen LogP contribution < -0.4 is 16.2 Å². The van der Waals surface area contributed by atoms with E-state index in [0.717, 1.165) is 10.4 Å². The summed E-state index contributed by atoms with van der Waals surface area (Å²) < 4.78 is 1.27. The molecule has 23 heavy (non-hydrogen) atoms. The lowest BCUT2D eigenvalue weighted by molar-refractivity contribution is -0.128. The summed E-state index contributed by atoms with van der Waals surface area (Å²) in [5.41, 5.74) is 0.658. The van der Waals surface area contributed by atoms with E-state index < -0.39 is 11.9 Å². The van der Waals surface area contributed by atoms with Crippen LogP contribution in [0.2, 0.25) is 0 Å². The number of nitrogens with one attached hydrogen (secondary N) is 2. The van der Waals surface area contributed by atoms with Gasteiger partial charge in [0.25, 0.3) is 5.56 Å². The van der Waals surface area contributed by atoms with Crippen LogP contribution >= 0.6 is 11.3 Å². The van der Waals surface area contributed by atoms with E-state index in [1.54, 1.807) is 13.8 Å². The normalized spacial score (nSPS) is 12.2. The summed E-state index contributed by atoms with van der Waals surface area (Å²) in [5.74, 6) is -0.664. The number of amides is 2. The van der Waals surface area contributed by atoms with Gasteiger partial charge in [-0.25, -0.2) is 4.98 Å². The number of aromatic nitrogens is 2. The van der Waals surface area contributed by atoms with Crippen LogP contribution in [-0.2, 0) is 16.1 Å². The van der Waals surface area contributed by atoms with Crippen molar-refractivity contribution >= 4 is 33.4 Å². The van der Waals surface area contributed by atoms with Gasteiger partial charge >= 0.3 is 0 Å². The van der Waals surface area contributed by atoms with Crippen molar-refractivity contribution in [2.24, 2.45) is 0 Å². The maximum Gasteiger partial charge on any atom is 0.262 e. The molecule has 124 valence electrons. The number of likely N-dealkylation sites (N-methyl/N-ethyl adjacent to an activating group) is 1. The van der Waals surface area contributed by atoms with Crippen molar-refractivity contribution < 1.29 is 9.59 Å². The van der Waals surface area contributed by atoms with Crippen molar-refractivity contribution in [3.63, 3.8) is 0 Å². The third kappa shape index (κ3) is 3.58. The van der Waals surface area contributed by atoms with Crippen LogP contribution in [0.25, 0.3) is 10.2 Å². The third-order valence-corrected chi connectivity index (χ3v) is 4.71. The summed E-state index contributed by atoms with van der Waals surface area (Å²) >= 11 is 1.46. The Labute approximate surface area is 137 Å². The highest BCUT2D eigenvalue weighted by Crippen LogP contribution is 2.25. The van der Waals surface area contributed by atoms with Gasteiger partial charge < -0.3 is 10.6 Å². The van der Waals surface area contributed by atoms with E-state index in [-0.39, 0.29) is 18.0 Å². The maximum atomic E-state index is 12.5. The first-order valence-electron chi connectivity index (χ1n) is 7.37. The summed E-state index contributed by atoms with van der Waals surface area (Å²) in [5, 5.41) is 5.75. The van der Waals surface area contributed by atoms with Crippen LogP contribution in [0.15, 0.2) is 11.1 Å². The van der Waals surface area contributed by atoms with Gasteiger partial charge in [-0.1, -0.05) is 0 Å². The lowest BCUT2D eigenvalue weighted by atomic mass is 10.2. The minimum absolute atomic E-state index is 0.167. The summed E-state index contributed by atoms with van der Waals surface area (Å²) in [6.07, 6.45) is 1.37. The van der Waals surface area contributed by atoms with E-state index >= 15 is 0 Å². The first-order valence-corrected chi connectivity index (χ1v) is 8.19. The number of carbonyl (C=O) groups excluding carboxylic acids is 2. The molecule has 0 radical (unpaired) electrons. The predicted octanol–water partition coefficient (Wildman–Crippen LogP) is 0.716. The standard InChI is InChI=1S/C15H20N4O3S/c1-5-16-13(21)9(3)18-11(20)6-19-7-17-14-12(15(19)22)8(2)10(4)23-14/h7,9H,5-6H2,1-4H3,(H,16,21)(H,18,20)/t9-/m1/s1. The zero-order valence-corrected chi connectivity index (χ0v) is 14.4. The molecule has 2 amide bonds. The fourth-order valence-electron chi connectivity index (χ4n) is 2.22. The number of thiophene rings is 1. The highest BCUT2D eigenvalue weighted by molar-refractivity contribution is 7.18. The van der Waals surface area contributed by atoms with E-state index in [2.05, 4.69) is 15.6 Å². The third-order valence-electron chi connectivity index (χ3n) is 3.59. The zero-order chi connectivity index (χ0) is 17.1. The molecule has 8 heteroatoms. The highest BCUT2D eigenvalue weighted by Gasteiger charge is 2.17. The van der Waals surface area contributed by atoms with Gasteiger partial charge in [-0.2, -0.15) is 0 Å². The van der Waals surface area contributed by atoms with Crippen molar-refractivity contribution in [2.45, 2.75) is 40.3 Å². The molecule has 2 aromatic rings. The minimum atomic E-state index is -0.653. The van der Waals surface area contributed by atoms with Crippen LogP contribution in [0.1, 0.15) is 24.3 Å². The second kappa shape index (κ2) is 6.91. The van der Waals surface area contributed by atoms with E-state index in [1.807, 2.05) is 13.8 Å². The number of fused-ring (bicyclic) bond motifs is 1. The Morgan fingerprint density at radius 2 is 2.09 bits per heavy atom.